The van der Waals surface area contributed by atoms with Crippen molar-refractivity contribution in [3.63, 3.8) is 0 Å². The summed E-state index contributed by atoms with van der Waals surface area (Å²) in [7, 11) is 3.30. The summed E-state index contributed by atoms with van der Waals surface area (Å²) in [6.07, 6.45) is 0. The number of nitrogens with two attached hydrogens (primary N) is 1. The van der Waals surface area contributed by atoms with E-state index in [1.165, 1.54) is 9.58 Å². The number of carbonyl (C=O) groups excluding carboxylic acids is 1. The second-order valence-corrected chi connectivity index (χ2v) is 4.17. The van der Waals surface area contributed by atoms with Crippen LogP contribution >= 0.6 is 0 Å². The van der Waals surface area contributed by atoms with E-state index in [1.807, 2.05) is 30.3 Å². The van der Waals surface area contributed by atoms with Gasteiger partial charge < -0.3 is 10.6 Å². The molecule has 2 rings (SSSR count). The average molecular weight is 245 g/mol. The van der Waals surface area contributed by atoms with Crippen molar-refractivity contribution in [1.29, 1.82) is 0 Å². The van der Waals surface area contributed by atoms with Gasteiger partial charge in [-0.1, -0.05) is 35.5 Å². The summed E-state index contributed by atoms with van der Waals surface area (Å²) in [4.78, 5) is 13.2. The Morgan fingerprint density at radius 1 is 1.33 bits per heavy atom. The van der Waals surface area contributed by atoms with Crippen LogP contribution in [0.5, 0.6) is 0 Å². The smallest absolute Gasteiger partial charge is 0.277 e. The van der Waals surface area contributed by atoms with Crippen molar-refractivity contribution in [3.8, 4) is 0 Å². The first kappa shape index (κ1) is 12.1. The fourth-order valence-electron chi connectivity index (χ4n) is 1.56. The molecule has 2 aromatic rings. The van der Waals surface area contributed by atoms with Gasteiger partial charge in [-0.2, -0.15) is 0 Å². The van der Waals surface area contributed by atoms with Crippen LogP contribution in [-0.4, -0.2) is 39.9 Å². The Balaban J connectivity index is 2.24. The minimum absolute atomic E-state index is 0.191. The van der Waals surface area contributed by atoms with E-state index in [2.05, 4.69) is 10.3 Å². The summed E-state index contributed by atoms with van der Waals surface area (Å²) < 4.78 is 1.52. The van der Waals surface area contributed by atoms with Crippen molar-refractivity contribution in [2.45, 2.75) is 6.54 Å². The second kappa shape index (κ2) is 4.87. The normalized spacial score (nSPS) is 10.3. The lowest BCUT2D eigenvalue weighted by molar-refractivity contribution is 0.0823. The molecule has 0 radical (unpaired) electrons. The summed E-state index contributed by atoms with van der Waals surface area (Å²) in [6.45, 7) is 0.500. The molecule has 18 heavy (non-hydrogen) atoms. The maximum atomic E-state index is 11.8. The van der Waals surface area contributed by atoms with Gasteiger partial charge in [0.15, 0.2) is 11.5 Å². The first-order valence-electron chi connectivity index (χ1n) is 5.54. The van der Waals surface area contributed by atoms with Crippen LogP contribution in [0.25, 0.3) is 0 Å². The number of aromatic nitrogens is 3. The molecule has 6 heteroatoms. The molecule has 1 amide bonds. The third kappa shape index (κ3) is 2.32. The molecule has 1 heterocycles. The van der Waals surface area contributed by atoms with Gasteiger partial charge in [-0.3, -0.25) is 4.79 Å². The number of nitrogens with zero attached hydrogens (tertiary/aromatic N) is 4. The van der Waals surface area contributed by atoms with E-state index >= 15 is 0 Å². The molecule has 0 spiro atoms. The molecule has 0 unspecified atom stereocenters. The van der Waals surface area contributed by atoms with Gasteiger partial charge in [0.25, 0.3) is 5.91 Å². The highest BCUT2D eigenvalue weighted by atomic mass is 16.2. The quantitative estimate of drug-likeness (QED) is 0.859. The van der Waals surface area contributed by atoms with Crippen LogP contribution in [0.2, 0.25) is 0 Å². The Morgan fingerprint density at radius 2 is 2.00 bits per heavy atom. The highest BCUT2D eigenvalue weighted by Gasteiger charge is 2.18. The van der Waals surface area contributed by atoms with E-state index in [0.29, 0.717) is 6.54 Å². The molecule has 94 valence electrons. The van der Waals surface area contributed by atoms with Gasteiger partial charge in [0, 0.05) is 14.1 Å². The van der Waals surface area contributed by atoms with Crippen molar-refractivity contribution in [2.75, 3.05) is 19.8 Å². The van der Waals surface area contributed by atoms with Crippen LogP contribution in [-0.2, 0) is 6.54 Å². The van der Waals surface area contributed by atoms with E-state index in [9.17, 15) is 4.79 Å². The van der Waals surface area contributed by atoms with Crippen molar-refractivity contribution in [1.82, 2.24) is 19.9 Å². The molecule has 1 aromatic carbocycles. The zero-order valence-corrected chi connectivity index (χ0v) is 10.4. The van der Waals surface area contributed by atoms with Crippen LogP contribution in [0.1, 0.15) is 16.1 Å². The molecule has 0 aliphatic heterocycles. The van der Waals surface area contributed by atoms with E-state index in [0.717, 1.165) is 5.56 Å². The van der Waals surface area contributed by atoms with Gasteiger partial charge in [-0.25, -0.2) is 4.68 Å². The van der Waals surface area contributed by atoms with Gasteiger partial charge >= 0.3 is 0 Å². The average Bonchev–Trinajstić information content (AvgIpc) is 2.71. The van der Waals surface area contributed by atoms with E-state index < -0.39 is 0 Å². The molecule has 0 saturated heterocycles. The lowest BCUT2D eigenvalue weighted by Gasteiger charge is -2.08. The first-order chi connectivity index (χ1) is 8.59. The Labute approximate surface area is 105 Å². The topological polar surface area (TPSA) is 77.0 Å². The predicted molar refractivity (Wildman–Crippen MR) is 68.0 cm³/mol. The van der Waals surface area contributed by atoms with Gasteiger partial charge in [0.2, 0.25) is 0 Å². The first-order valence-corrected chi connectivity index (χ1v) is 5.54. The molecule has 0 atom stereocenters. The summed E-state index contributed by atoms with van der Waals surface area (Å²) >= 11 is 0. The molecule has 1 aromatic heterocycles. The number of benzene rings is 1. The summed E-state index contributed by atoms with van der Waals surface area (Å²) in [5.41, 5.74) is 7.12. The second-order valence-electron chi connectivity index (χ2n) is 4.17. The third-order valence-electron chi connectivity index (χ3n) is 2.56. The largest absolute Gasteiger partial charge is 0.382 e. The maximum absolute atomic E-state index is 11.8. The fourth-order valence-corrected chi connectivity index (χ4v) is 1.56. The number of rotatable bonds is 3. The molecule has 0 saturated carbocycles. The lowest BCUT2D eigenvalue weighted by Crippen LogP contribution is -2.23. The SMILES string of the molecule is CN(C)C(=O)c1nnn(Cc2ccccc2)c1N. The maximum Gasteiger partial charge on any atom is 0.277 e. The Hall–Kier alpha value is -2.37. The van der Waals surface area contributed by atoms with E-state index in [1.54, 1.807) is 14.1 Å². The highest BCUT2D eigenvalue weighted by molar-refractivity contribution is 5.95. The Bertz CT molecular complexity index is 547. The van der Waals surface area contributed by atoms with Crippen molar-refractivity contribution < 1.29 is 4.79 Å². The Kier molecular flexibility index (Phi) is 3.27. The molecule has 0 aliphatic carbocycles. The number of carbonyl (C=O) groups is 1. The van der Waals surface area contributed by atoms with Gasteiger partial charge in [0.1, 0.15) is 0 Å². The van der Waals surface area contributed by atoms with E-state index in [4.69, 9.17) is 5.73 Å². The van der Waals surface area contributed by atoms with Crippen molar-refractivity contribution in [2.24, 2.45) is 0 Å². The molecule has 2 N–H and O–H groups in total. The van der Waals surface area contributed by atoms with E-state index in [-0.39, 0.29) is 17.4 Å². The monoisotopic (exact) mass is 245 g/mol. The van der Waals surface area contributed by atoms with Crippen molar-refractivity contribution >= 4 is 11.7 Å². The summed E-state index contributed by atoms with van der Waals surface area (Å²) in [6, 6.07) is 9.75. The summed E-state index contributed by atoms with van der Waals surface area (Å²) in [5, 5.41) is 7.74. The number of hydrogen-bond donors (Lipinski definition) is 1. The number of nitrogen functional groups attached to an aromatic ring is 1. The number of amides is 1. The Morgan fingerprint density at radius 3 is 2.61 bits per heavy atom. The van der Waals surface area contributed by atoms with Crippen LogP contribution in [0.15, 0.2) is 30.3 Å². The number of hydrogen-bond acceptors (Lipinski definition) is 4. The van der Waals surface area contributed by atoms with Gasteiger partial charge in [-0.15, -0.1) is 5.10 Å². The molecule has 0 fully saturated rings. The van der Waals surface area contributed by atoms with Crippen molar-refractivity contribution in [3.05, 3.63) is 41.6 Å². The summed E-state index contributed by atoms with van der Waals surface area (Å²) in [5.74, 6) is 0.0457. The lowest BCUT2D eigenvalue weighted by atomic mass is 10.2. The molecule has 0 bridgehead atoms. The van der Waals surface area contributed by atoms with Crippen LogP contribution < -0.4 is 5.73 Å². The zero-order valence-electron chi connectivity index (χ0n) is 10.4. The molecule has 6 nitrogen and oxygen atoms in total. The molecule has 0 aliphatic rings. The van der Waals surface area contributed by atoms with Crippen LogP contribution in [0.3, 0.4) is 0 Å². The minimum Gasteiger partial charge on any atom is -0.382 e. The molecular weight excluding hydrogens is 230 g/mol. The van der Waals surface area contributed by atoms with Gasteiger partial charge in [0.05, 0.1) is 6.54 Å². The third-order valence-corrected chi connectivity index (χ3v) is 2.56. The zero-order chi connectivity index (χ0) is 13.1. The molecular formula is C12H15N5O. The highest BCUT2D eigenvalue weighted by Crippen LogP contribution is 2.11. The minimum atomic E-state index is -0.244. The van der Waals surface area contributed by atoms with Crippen LogP contribution in [0.4, 0.5) is 5.82 Å². The standard InChI is InChI=1S/C12H15N5O/c1-16(2)12(18)10-11(13)17(15-14-10)8-9-6-4-3-5-7-9/h3-7H,8,13H2,1-2H3. The fraction of sp³-hybridized carbons (Fsp3) is 0.250. The predicted octanol–water partition coefficient (Wildman–Crippen LogP) is 0.610. The number of anilines is 1. The van der Waals surface area contributed by atoms with Gasteiger partial charge in [-0.05, 0) is 5.56 Å². The van der Waals surface area contributed by atoms with Crippen LogP contribution in [0, 0.1) is 0 Å².